The zero-order valence-electron chi connectivity index (χ0n) is 20.9. The standard InChI is InChI=1S/C27H25F3N6O3/c1-39-21(37)7-5-3-2-4-6-18-15-33-25(31)22-23(35-36-24(18)22)16-8-10-17(11-9-16)26(38)34-20-14-19(12-13-32-20)27(28,29)30/h4,6,8-15H,2-3,5,7H2,1H3,(H2,31,33)(H,35,36)(H,32,34,38)/b6-4+. The average Bonchev–Trinajstić information content (AvgIpc) is 3.38. The predicted molar refractivity (Wildman–Crippen MR) is 140 cm³/mol. The largest absolute Gasteiger partial charge is 0.469 e. The summed E-state index contributed by atoms with van der Waals surface area (Å²) in [6.45, 7) is 0. The van der Waals surface area contributed by atoms with Gasteiger partial charge in [-0.1, -0.05) is 24.3 Å². The Bertz CT molecular complexity index is 1510. The fourth-order valence-corrected chi connectivity index (χ4v) is 3.89. The van der Waals surface area contributed by atoms with E-state index in [1.165, 1.54) is 19.2 Å². The number of pyridine rings is 2. The highest BCUT2D eigenvalue weighted by atomic mass is 19.4. The van der Waals surface area contributed by atoms with Crippen molar-refractivity contribution < 1.29 is 27.5 Å². The van der Waals surface area contributed by atoms with Gasteiger partial charge in [-0.3, -0.25) is 14.7 Å². The molecule has 1 aromatic carbocycles. The predicted octanol–water partition coefficient (Wildman–Crippen LogP) is 5.62. The van der Waals surface area contributed by atoms with E-state index in [2.05, 4.69) is 30.2 Å². The summed E-state index contributed by atoms with van der Waals surface area (Å²) in [5.74, 6) is -0.764. The third-order valence-electron chi connectivity index (χ3n) is 5.93. The van der Waals surface area contributed by atoms with Crippen LogP contribution >= 0.6 is 0 Å². The molecule has 4 aromatic rings. The van der Waals surface area contributed by atoms with E-state index in [0.717, 1.165) is 43.2 Å². The van der Waals surface area contributed by atoms with Gasteiger partial charge in [-0.25, -0.2) is 9.97 Å². The Labute approximate surface area is 221 Å². The molecule has 0 aliphatic heterocycles. The fourth-order valence-electron chi connectivity index (χ4n) is 3.89. The Morgan fingerprint density at radius 1 is 1.13 bits per heavy atom. The lowest BCUT2D eigenvalue weighted by molar-refractivity contribution is -0.140. The van der Waals surface area contributed by atoms with Crippen LogP contribution in [0.4, 0.5) is 24.8 Å². The van der Waals surface area contributed by atoms with Crippen LogP contribution < -0.4 is 11.1 Å². The number of esters is 1. The van der Waals surface area contributed by atoms with Gasteiger partial charge in [-0.15, -0.1) is 0 Å². The molecule has 0 saturated carbocycles. The van der Waals surface area contributed by atoms with Crippen molar-refractivity contribution in [1.82, 2.24) is 20.2 Å². The number of unbranched alkanes of at least 4 members (excludes halogenated alkanes) is 2. The number of aromatic amines is 1. The van der Waals surface area contributed by atoms with E-state index < -0.39 is 17.6 Å². The molecule has 3 aromatic heterocycles. The number of amides is 1. The number of hydrogen-bond acceptors (Lipinski definition) is 7. The zero-order chi connectivity index (χ0) is 28.0. The third kappa shape index (κ3) is 6.58. The molecule has 0 atom stereocenters. The van der Waals surface area contributed by atoms with Crippen LogP contribution in [-0.2, 0) is 15.7 Å². The first-order valence-electron chi connectivity index (χ1n) is 12.0. The maximum Gasteiger partial charge on any atom is 0.416 e. The van der Waals surface area contributed by atoms with Crippen molar-refractivity contribution in [2.24, 2.45) is 0 Å². The Kier molecular flexibility index (Phi) is 8.23. The molecule has 0 aliphatic carbocycles. The number of nitrogens with zero attached hydrogens (tertiary/aromatic N) is 3. The summed E-state index contributed by atoms with van der Waals surface area (Å²) in [5.41, 5.74) is 8.16. The fraction of sp³-hybridized carbons (Fsp3) is 0.222. The minimum absolute atomic E-state index is 0.207. The number of halogens is 3. The molecule has 202 valence electrons. The first-order valence-corrected chi connectivity index (χ1v) is 12.0. The highest BCUT2D eigenvalue weighted by Crippen LogP contribution is 2.32. The highest BCUT2D eigenvalue weighted by molar-refractivity contribution is 6.05. The zero-order valence-corrected chi connectivity index (χ0v) is 20.9. The maximum absolute atomic E-state index is 12.9. The highest BCUT2D eigenvalue weighted by Gasteiger charge is 2.30. The minimum atomic E-state index is -4.55. The molecule has 9 nitrogen and oxygen atoms in total. The summed E-state index contributed by atoms with van der Waals surface area (Å²) < 4.78 is 43.4. The number of ether oxygens (including phenoxy) is 1. The quantitative estimate of drug-likeness (QED) is 0.186. The molecule has 0 aliphatic rings. The molecule has 4 N–H and O–H groups in total. The monoisotopic (exact) mass is 538 g/mol. The summed E-state index contributed by atoms with van der Waals surface area (Å²) in [6, 6.07) is 8.01. The topological polar surface area (TPSA) is 136 Å². The summed E-state index contributed by atoms with van der Waals surface area (Å²) in [6.07, 6.45) is 4.63. The number of benzene rings is 1. The first-order chi connectivity index (χ1) is 18.7. The lowest BCUT2D eigenvalue weighted by Crippen LogP contribution is -2.14. The van der Waals surface area contributed by atoms with Crippen molar-refractivity contribution in [3.63, 3.8) is 0 Å². The van der Waals surface area contributed by atoms with Crippen LogP contribution in [0, 0.1) is 0 Å². The Morgan fingerprint density at radius 3 is 2.62 bits per heavy atom. The Hall–Kier alpha value is -4.74. The smallest absolute Gasteiger partial charge is 0.416 e. The normalized spacial score (nSPS) is 11.7. The van der Waals surface area contributed by atoms with Crippen molar-refractivity contribution in [2.45, 2.75) is 31.9 Å². The first kappa shape index (κ1) is 27.3. The number of H-pyrrole nitrogens is 1. The van der Waals surface area contributed by atoms with E-state index >= 15 is 0 Å². The number of alkyl halides is 3. The number of allylic oxidation sites excluding steroid dienone is 1. The van der Waals surface area contributed by atoms with Crippen LogP contribution in [0.1, 0.15) is 47.2 Å². The van der Waals surface area contributed by atoms with Gasteiger partial charge in [0.05, 0.1) is 23.8 Å². The number of anilines is 2. The molecule has 0 fully saturated rings. The van der Waals surface area contributed by atoms with Gasteiger partial charge >= 0.3 is 12.1 Å². The van der Waals surface area contributed by atoms with Crippen LogP contribution in [0.25, 0.3) is 28.2 Å². The van der Waals surface area contributed by atoms with Gasteiger partial charge in [-0.2, -0.15) is 18.3 Å². The van der Waals surface area contributed by atoms with Gasteiger partial charge in [0.1, 0.15) is 17.2 Å². The molecule has 39 heavy (non-hydrogen) atoms. The van der Waals surface area contributed by atoms with E-state index in [1.54, 1.807) is 18.3 Å². The van der Waals surface area contributed by atoms with Crippen molar-refractivity contribution in [3.05, 3.63) is 71.6 Å². The van der Waals surface area contributed by atoms with Crippen LogP contribution in [-0.4, -0.2) is 39.2 Å². The SMILES string of the molecule is COC(=O)CCCC/C=C/c1cnc(N)c2c(-c3ccc(C(=O)Nc4cc(C(F)(F)F)ccn4)cc3)[nH]nc12. The van der Waals surface area contributed by atoms with Gasteiger partial charge < -0.3 is 15.8 Å². The number of carbonyl (C=O) groups excluding carboxylic acids is 2. The third-order valence-corrected chi connectivity index (χ3v) is 5.93. The van der Waals surface area contributed by atoms with Crippen molar-refractivity contribution in [2.75, 3.05) is 18.2 Å². The number of nitrogen functional groups attached to an aromatic ring is 1. The molecule has 0 bridgehead atoms. The molecule has 0 spiro atoms. The molecule has 4 rings (SSSR count). The van der Waals surface area contributed by atoms with Gasteiger partial charge in [0.2, 0.25) is 0 Å². The number of nitrogens with two attached hydrogens (primary N) is 1. The Balaban J connectivity index is 1.48. The number of carbonyl (C=O) groups is 2. The number of methoxy groups -OCH3 is 1. The van der Waals surface area contributed by atoms with E-state index in [9.17, 15) is 22.8 Å². The van der Waals surface area contributed by atoms with Crippen molar-refractivity contribution >= 4 is 40.5 Å². The Morgan fingerprint density at radius 2 is 1.90 bits per heavy atom. The molecule has 3 heterocycles. The summed E-state index contributed by atoms with van der Waals surface area (Å²) in [7, 11) is 1.37. The molecule has 0 saturated heterocycles. The molecule has 1 amide bonds. The molecule has 12 heteroatoms. The van der Waals surface area contributed by atoms with Crippen LogP contribution in [0.3, 0.4) is 0 Å². The molecular formula is C27H25F3N6O3. The van der Waals surface area contributed by atoms with Gasteiger partial charge in [0.15, 0.2) is 0 Å². The summed E-state index contributed by atoms with van der Waals surface area (Å²) >= 11 is 0. The summed E-state index contributed by atoms with van der Waals surface area (Å²) in [4.78, 5) is 31.9. The number of aromatic nitrogens is 4. The van der Waals surface area contributed by atoms with Crippen LogP contribution in [0.2, 0.25) is 0 Å². The number of fused-ring (bicyclic) bond motifs is 1. The van der Waals surface area contributed by atoms with Crippen molar-refractivity contribution in [3.8, 4) is 11.3 Å². The number of nitrogens with one attached hydrogen (secondary N) is 2. The minimum Gasteiger partial charge on any atom is -0.469 e. The second kappa shape index (κ2) is 11.8. The van der Waals surface area contributed by atoms with Gasteiger partial charge in [-0.05, 0) is 43.5 Å². The van der Waals surface area contributed by atoms with Crippen LogP contribution in [0.5, 0.6) is 0 Å². The van der Waals surface area contributed by atoms with E-state index in [0.29, 0.717) is 28.6 Å². The summed E-state index contributed by atoms with van der Waals surface area (Å²) in [5, 5.41) is 10.4. The lowest BCUT2D eigenvalue weighted by atomic mass is 10.0. The van der Waals surface area contributed by atoms with Crippen LogP contribution in [0.15, 0.2) is 54.9 Å². The average molecular weight is 539 g/mol. The molecule has 0 unspecified atom stereocenters. The van der Waals surface area contributed by atoms with Gasteiger partial charge in [0.25, 0.3) is 5.91 Å². The second-order valence-electron chi connectivity index (χ2n) is 8.60. The molecule has 0 radical (unpaired) electrons. The number of rotatable bonds is 9. The van der Waals surface area contributed by atoms with E-state index in [1.807, 2.05) is 12.2 Å². The van der Waals surface area contributed by atoms with Gasteiger partial charge in [0, 0.05) is 35.5 Å². The second-order valence-corrected chi connectivity index (χ2v) is 8.60. The van der Waals surface area contributed by atoms with Crippen molar-refractivity contribution in [1.29, 1.82) is 0 Å². The number of hydrogen-bond donors (Lipinski definition) is 3. The maximum atomic E-state index is 12.9. The van der Waals surface area contributed by atoms with E-state index in [4.69, 9.17) is 5.73 Å². The lowest BCUT2D eigenvalue weighted by Gasteiger charge is -2.09. The van der Waals surface area contributed by atoms with E-state index in [-0.39, 0.29) is 23.2 Å². The molecular weight excluding hydrogens is 513 g/mol.